The molecule has 0 N–H and O–H groups in total. The van der Waals surface area contributed by atoms with Gasteiger partial charge in [0.25, 0.3) is 0 Å². The van der Waals surface area contributed by atoms with Crippen molar-refractivity contribution in [2.45, 2.75) is 25.6 Å². The van der Waals surface area contributed by atoms with Crippen LogP contribution in [0.15, 0.2) is 12.1 Å². The molecule has 0 radical (unpaired) electrons. The molecule has 0 bridgehead atoms. The SMILES string of the molecule is CCCC1(c2cc3c(cc2F)OCCO3)OCCO1. The Labute approximate surface area is 111 Å². The summed E-state index contributed by atoms with van der Waals surface area (Å²) >= 11 is 0. The zero-order chi connectivity index (χ0) is 13.3. The summed E-state index contributed by atoms with van der Waals surface area (Å²) in [6.07, 6.45) is 1.46. The fourth-order valence-electron chi connectivity index (χ4n) is 2.57. The van der Waals surface area contributed by atoms with Gasteiger partial charge in [0.15, 0.2) is 17.3 Å². The van der Waals surface area contributed by atoms with Crippen LogP contribution in [0.5, 0.6) is 11.5 Å². The van der Waals surface area contributed by atoms with Gasteiger partial charge in [0.05, 0.1) is 18.8 Å². The number of hydrogen-bond donors (Lipinski definition) is 0. The third kappa shape index (κ3) is 2.17. The summed E-state index contributed by atoms with van der Waals surface area (Å²) in [5, 5.41) is 0. The second-order valence-corrected chi connectivity index (χ2v) is 4.68. The van der Waals surface area contributed by atoms with Crippen molar-refractivity contribution in [3.05, 3.63) is 23.5 Å². The molecule has 0 unspecified atom stereocenters. The van der Waals surface area contributed by atoms with Crippen LogP contribution < -0.4 is 9.47 Å². The molecule has 0 amide bonds. The first-order valence-corrected chi connectivity index (χ1v) is 6.63. The second-order valence-electron chi connectivity index (χ2n) is 4.68. The molecule has 0 saturated carbocycles. The summed E-state index contributed by atoms with van der Waals surface area (Å²) in [7, 11) is 0. The Hall–Kier alpha value is -1.33. The molecule has 0 aromatic heterocycles. The predicted molar refractivity (Wildman–Crippen MR) is 65.9 cm³/mol. The van der Waals surface area contributed by atoms with E-state index in [2.05, 4.69) is 0 Å². The molecule has 1 aromatic rings. The third-order valence-corrected chi connectivity index (χ3v) is 3.38. The quantitative estimate of drug-likeness (QED) is 0.844. The van der Waals surface area contributed by atoms with Crippen molar-refractivity contribution in [2.75, 3.05) is 26.4 Å². The molecule has 1 fully saturated rings. The maximum Gasteiger partial charge on any atom is 0.197 e. The van der Waals surface area contributed by atoms with Gasteiger partial charge in [0.1, 0.15) is 19.0 Å². The zero-order valence-electron chi connectivity index (χ0n) is 10.9. The van der Waals surface area contributed by atoms with Crippen LogP contribution >= 0.6 is 0 Å². The Balaban J connectivity index is 2.03. The molecule has 2 heterocycles. The van der Waals surface area contributed by atoms with Gasteiger partial charge in [0.2, 0.25) is 0 Å². The van der Waals surface area contributed by atoms with Crippen LogP contribution in [0.25, 0.3) is 0 Å². The monoisotopic (exact) mass is 268 g/mol. The fourth-order valence-corrected chi connectivity index (χ4v) is 2.57. The minimum absolute atomic E-state index is 0.375. The summed E-state index contributed by atoms with van der Waals surface area (Å²) in [5.41, 5.74) is 0.399. The lowest BCUT2D eigenvalue weighted by Gasteiger charge is -2.29. The third-order valence-electron chi connectivity index (χ3n) is 3.38. The van der Waals surface area contributed by atoms with E-state index in [1.165, 1.54) is 6.07 Å². The molecule has 1 aromatic carbocycles. The number of benzene rings is 1. The largest absolute Gasteiger partial charge is 0.486 e. The molecule has 4 nitrogen and oxygen atoms in total. The van der Waals surface area contributed by atoms with Crippen molar-refractivity contribution in [3.8, 4) is 11.5 Å². The average molecular weight is 268 g/mol. The van der Waals surface area contributed by atoms with E-state index in [9.17, 15) is 4.39 Å². The van der Waals surface area contributed by atoms with Crippen LogP contribution in [0.1, 0.15) is 25.3 Å². The van der Waals surface area contributed by atoms with Crippen molar-refractivity contribution >= 4 is 0 Å². The molecule has 0 atom stereocenters. The van der Waals surface area contributed by atoms with E-state index in [0.717, 1.165) is 6.42 Å². The summed E-state index contributed by atoms with van der Waals surface area (Å²) in [6.45, 7) is 3.89. The maximum absolute atomic E-state index is 14.3. The Kier molecular flexibility index (Phi) is 3.33. The van der Waals surface area contributed by atoms with E-state index in [0.29, 0.717) is 49.9 Å². The highest BCUT2D eigenvalue weighted by atomic mass is 19.1. The summed E-state index contributed by atoms with van der Waals surface area (Å²) in [4.78, 5) is 0. The van der Waals surface area contributed by atoms with E-state index in [-0.39, 0.29) is 5.82 Å². The van der Waals surface area contributed by atoms with Gasteiger partial charge >= 0.3 is 0 Å². The predicted octanol–water partition coefficient (Wildman–Crippen LogP) is 2.60. The Morgan fingerprint density at radius 2 is 1.68 bits per heavy atom. The molecule has 2 aliphatic rings. The van der Waals surface area contributed by atoms with Crippen LogP contribution in [-0.4, -0.2) is 26.4 Å². The van der Waals surface area contributed by atoms with Crippen molar-refractivity contribution in [1.29, 1.82) is 0 Å². The Morgan fingerprint density at radius 3 is 2.32 bits per heavy atom. The lowest BCUT2D eigenvalue weighted by Crippen LogP contribution is -2.29. The molecule has 1 saturated heterocycles. The molecule has 0 spiro atoms. The summed E-state index contributed by atoms with van der Waals surface area (Å²) < 4.78 is 36.5. The van der Waals surface area contributed by atoms with E-state index >= 15 is 0 Å². The van der Waals surface area contributed by atoms with Crippen LogP contribution in [0.4, 0.5) is 4.39 Å². The molecule has 2 aliphatic heterocycles. The number of ether oxygens (including phenoxy) is 4. The highest BCUT2D eigenvalue weighted by Crippen LogP contribution is 2.42. The summed E-state index contributed by atoms with van der Waals surface area (Å²) in [5.74, 6) is -0.358. The van der Waals surface area contributed by atoms with Gasteiger partial charge in [-0.25, -0.2) is 4.39 Å². The summed E-state index contributed by atoms with van der Waals surface area (Å²) in [6, 6.07) is 3.00. The van der Waals surface area contributed by atoms with Gasteiger partial charge in [-0.2, -0.15) is 0 Å². The first-order valence-electron chi connectivity index (χ1n) is 6.63. The van der Waals surface area contributed by atoms with Crippen molar-refractivity contribution in [2.24, 2.45) is 0 Å². The lowest BCUT2D eigenvalue weighted by molar-refractivity contribution is -0.173. The maximum atomic E-state index is 14.3. The van der Waals surface area contributed by atoms with Gasteiger partial charge in [0, 0.05) is 12.5 Å². The van der Waals surface area contributed by atoms with Gasteiger partial charge < -0.3 is 18.9 Å². The lowest BCUT2D eigenvalue weighted by atomic mass is 9.99. The minimum atomic E-state index is -0.978. The van der Waals surface area contributed by atoms with Crippen molar-refractivity contribution in [3.63, 3.8) is 0 Å². The topological polar surface area (TPSA) is 36.9 Å². The highest BCUT2D eigenvalue weighted by molar-refractivity contribution is 5.46. The normalized spacial score (nSPS) is 20.5. The van der Waals surface area contributed by atoms with Crippen LogP contribution in [0.2, 0.25) is 0 Å². The fraction of sp³-hybridized carbons (Fsp3) is 0.571. The number of rotatable bonds is 3. The van der Waals surface area contributed by atoms with E-state index in [1.807, 2.05) is 6.92 Å². The van der Waals surface area contributed by atoms with Crippen molar-refractivity contribution < 1.29 is 23.3 Å². The van der Waals surface area contributed by atoms with Gasteiger partial charge in [-0.05, 0) is 6.07 Å². The minimum Gasteiger partial charge on any atom is -0.486 e. The molecule has 104 valence electrons. The number of halogens is 1. The molecular formula is C14H17FO4. The van der Waals surface area contributed by atoms with E-state index < -0.39 is 5.79 Å². The highest BCUT2D eigenvalue weighted by Gasteiger charge is 2.41. The molecule has 19 heavy (non-hydrogen) atoms. The molecule has 0 aliphatic carbocycles. The zero-order valence-corrected chi connectivity index (χ0v) is 10.9. The van der Waals surface area contributed by atoms with Crippen LogP contribution in [0, 0.1) is 5.82 Å². The van der Waals surface area contributed by atoms with Gasteiger partial charge in [-0.1, -0.05) is 13.3 Å². The average Bonchev–Trinajstić information content (AvgIpc) is 2.88. The van der Waals surface area contributed by atoms with Crippen LogP contribution in [0.3, 0.4) is 0 Å². The molecule has 5 heteroatoms. The van der Waals surface area contributed by atoms with Crippen LogP contribution in [-0.2, 0) is 15.3 Å². The number of fused-ring (bicyclic) bond motifs is 1. The Bertz CT molecular complexity index is 469. The second kappa shape index (κ2) is 4.98. The smallest absolute Gasteiger partial charge is 0.197 e. The first kappa shape index (κ1) is 12.7. The molecule has 3 rings (SSSR count). The number of hydrogen-bond acceptors (Lipinski definition) is 4. The Morgan fingerprint density at radius 1 is 1.05 bits per heavy atom. The van der Waals surface area contributed by atoms with Gasteiger partial charge in [-0.3, -0.25) is 0 Å². The van der Waals surface area contributed by atoms with E-state index in [1.54, 1.807) is 6.07 Å². The van der Waals surface area contributed by atoms with Crippen molar-refractivity contribution in [1.82, 2.24) is 0 Å². The molecular weight excluding hydrogens is 251 g/mol. The van der Waals surface area contributed by atoms with E-state index in [4.69, 9.17) is 18.9 Å². The standard InChI is InChI=1S/C14H17FO4/c1-2-3-14(18-6-7-19-14)10-8-12-13(9-11(10)15)17-5-4-16-12/h8-9H,2-7H2,1H3. The first-order chi connectivity index (χ1) is 9.25. The van der Waals surface area contributed by atoms with Gasteiger partial charge in [-0.15, -0.1) is 0 Å².